The Morgan fingerprint density at radius 1 is 1.47 bits per heavy atom. The van der Waals surface area contributed by atoms with Gasteiger partial charge in [-0.05, 0) is 0 Å². The highest BCUT2D eigenvalue weighted by Crippen LogP contribution is 1.64. The quantitative estimate of drug-likeness (QED) is 0.179. The third-order valence-corrected chi connectivity index (χ3v) is 1.46. The van der Waals surface area contributed by atoms with E-state index in [9.17, 15) is 0 Å². The lowest BCUT2D eigenvalue weighted by molar-refractivity contribution is -0.553. The molecule has 0 saturated heterocycles. The molecule has 0 rings (SSSR count). The van der Waals surface area contributed by atoms with Gasteiger partial charge in [-0.25, -0.2) is 0 Å². The fourth-order valence-electron chi connectivity index (χ4n) is 0.785. The molecule has 6 heteroatoms. The highest BCUT2D eigenvalue weighted by Gasteiger charge is 1.90. The molecular formula is C9H19N6+. The van der Waals surface area contributed by atoms with Crippen LogP contribution < -0.4 is 16.5 Å². The fourth-order valence-corrected chi connectivity index (χ4v) is 0.785. The summed E-state index contributed by atoms with van der Waals surface area (Å²) in [4.78, 5) is 3.87. The molecular weight excluding hydrogens is 192 g/mol. The van der Waals surface area contributed by atoms with E-state index in [1.54, 1.807) is 17.1 Å². The largest absolute Gasteiger partial charge is 0.403 e. The van der Waals surface area contributed by atoms with E-state index < -0.39 is 0 Å². The number of nitrogens with two attached hydrogens (primary N) is 1. The molecule has 15 heavy (non-hydrogen) atoms. The number of hydrazone groups is 1. The number of rotatable bonds is 8. The third kappa shape index (κ3) is 10.2. The molecule has 0 radical (unpaired) electrons. The number of hydrogen-bond donors (Lipinski definition) is 4. The van der Waals surface area contributed by atoms with Crippen LogP contribution in [0.3, 0.4) is 0 Å². The van der Waals surface area contributed by atoms with Crippen molar-refractivity contribution in [1.29, 1.82) is 5.41 Å². The number of nitrogens with one attached hydrogen (secondary N) is 3. The Labute approximate surface area is 90.1 Å². The van der Waals surface area contributed by atoms with Gasteiger partial charge < -0.3 is 16.5 Å². The maximum Gasteiger partial charge on any atom is 0.211 e. The van der Waals surface area contributed by atoms with Gasteiger partial charge in [-0.2, -0.15) is 5.43 Å². The normalized spacial score (nSPS) is 12.5. The summed E-state index contributed by atoms with van der Waals surface area (Å²) in [5.41, 5.74) is 8.22. The van der Waals surface area contributed by atoms with E-state index in [0.29, 0.717) is 6.54 Å². The zero-order valence-electron chi connectivity index (χ0n) is 8.98. The first-order chi connectivity index (χ1) is 7.31. The molecule has 0 spiro atoms. The monoisotopic (exact) mass is 211 g/mol. The molecule has 0 aromatic heterocycles. The van der Waals surface area contributed by atoms with Crippen LogP contribution in [-0.4, -0.2) is 50.0 Å². The Morgan fingerprint density at radius 2 is 2.27 bits per heavy atom. The first-order valence-electron chi connectivity index (χ1n) is 4.70. The van der Waals surface area contributed by atoms with E-state index in [-0.39, 0.29) is 0 Å². The van der Waals surface area contributed by atoms with Crippen molar-refractivity contribution in [3.63, 3.8) is 0 Å². The minimum Gasteiger partial charge on any atom is -0.403 e. The van der Waals surface area contributed by atoms with Crippen molar-refractivity contribution in [3.05, 3.63) is 12.4 Å². The summed E-state index contributed by atoms with van der Waals surface area (Å²) in [7, 11) is 1.88. The Morgan fingerprint density at radius 3 is 2.93 bits per heavy atom. The van der Waals surface area contributed by atoms with Crippen LogP contribution in [0.2, 0.25) is 0 Å². The molecule has 0 aromatic rings. The van der Waals surface area contributed by atoms with Gasteiger partial charge in [0.2, 0.25) is 6.21 Å². The SMILES string of the molecule is C[N+](=CC=NC=CN)NCCNCC=N. The van der Waals surface area contributed by atoms with Crippen LogP contribution >= 0.6 is 0 Å². The molecule has 84 valence electrons. The van der Waals surface area contributed by atoms with E-state index >= 15 is 0 Å². The van der Waals surface area contributed by atoms with Crippen molar-refractivity contribution < 1.29 is 4.68 Å². The maximum atomic E-state index is 6.79. The van der Waals surface area contributed by atoms with Crippen LogP contribution in [0.25, 0.3) is 0 Å². The highest BCUT2D eigenvalue weighted by molar-refractivity contribution is 6.13. The highest BCUT2D eigenvalue weighted by atomic mass is 15.4. The Bertz CT molecular complexity index is 243. The van der Waals surface area contributed by atoms with Crippen molar-refractivity contribution in [1.82, 2.24) is 10.7 Å². The van der Waals surface area contributed by atoms with E-state index in [1.807, 2.05) is 7.05 Å². The second kappa shape index (κ2) is 10.4. The minimum absolute atomic E-state index is 0.609. The molecule has 0 heterocycles. The molecule has 5 N–H and O–H groups in total. The molecule has 0 bridgehead atoms. The Hall–Kier alpha value is -1.69. The summed E-state index contributed by atoms with van der Waals surface area (Å²) in [6, 6.07) is 0. The topological polar surface area (TPSA) is 89.3 Å². The molecule has 0 aliphatic carbocycles. The average molecular weight is 211 g/mol. The molecule has 0 atom stereocenters. The van der Waals surface area contributed by atoms with Gasteiger partial charge in [0.25, 0.3) is 0 Å². The van der Waals surface area contributed by atoms with Gasteiger partial charge in [0, 0.05) is 31.7 Å². The number of hydrazine groups is 1. The third-order valence-electron chi connectivity index (χ3n) is 1.46. The first-order valence-corrected chi connectivity index (χ1v) is 4.70. The minimum atomic E-state index is 0.609. The predicted molar refractivity (Wildman–Crippen MR) is 63.7 cm³/mol. The standard InChI is InChI=1S/C9H18N6/c1-15(9-8-13-5-3-11)14-7-6-12-4-2-10/h2-3,5,8-12,14H,4,6-7H2,1H3/p+1. The summed E-state index contributed by atoms with van der Waals surface area (Å²) >= 11 is 0. The first kappa shape index (κ1) is 13.3. The van der Waals surface area contributed by atoms with Gasteiger partial charge in [0.1, 0.15) is 0 Å². The lowest BCUT2D eigenvalue weighted by Gasteiger charge is -2.00. The molecule has 0 aliphatic rings. The van der Waals surface area contributed by atoms with Gasteiger partial charge in [-0.15, -0.1) is 4.68 Å². The smallest absolute Gasteiger partial charge is 0.211 e. The molecule has 0 saturated carbocycles. The van der Waals surface area contributed by atoms with E-state index in [0.717, 1.165) is 13.1 Å². The number of hydrogen-bond acceptors (Lipinski definition) is 5. The summed E-state index contributed by atoms with van der Waals surface area (Å²) in [6.45, 7) is 2.21. The van der Waals surface area contributed by atoms with Crippen molar-refractivity contribution in [2.24, 2.45) is 10.7 Å². The average Bonchev–Trinajstić information content (AvgIpc) is 2.24. The molecule has 0 aromatic carbocycles. The number of aliphatic imine (C=N–C) groups is 1. The van der Waals surface area contributed by atoms with Crippen LogP contribution in [0.4, 0.5) is 0 Å². The van der Waals surface area contributed by atoms with Gasteiger partial charge in [0.15, 0.2) is 7.05 Å². The van der Waals surface area contributed by atoms with Gasteiger partial charge >= 0.3 is 0 Å². The lowest BCUT2D eigenvalue weighted by atomic mass is 10.6. The van der Waals surface area contributed by atoms with Crippen LogP contribution in [-0.2, 0) is 0 Å². The molecule has 0 unspecified atom stereocenters. The summed E-state index contributed by atoms with van der Waals surface area (Å²) in [5.74, 6) is 0. The molecule has 0 fully saturated rings. The van der Waals surface area contributed by atoms with Gasteiger partial charge in [-0.1, -0.05) is 0 Å². The zero-order valence-corrected chi connectivity index (χ0v) is 8.98. The fraction of sp³-hybridized carbons (Fsp3) is 0.444. The second-order valence-corrected chi connectivity index (χ2v) is 2.72. The van der Waals surface area contributed by atoms with Crippen molar-refractivity contribution in [2.75, 3.05) is 26.7 Å². The zero-order chi connectivity index (χ0) is 11.4. The summed E-state index contributed by atoms with van der Waals surface area (Å²) < 4.78 is 1.81. The molecule has 0 aliphatic heterocycles. The van der Waals surface area contributed by atoms with E-state index in [2.05, 4.69) is 15.7 Å². The summed E-state index contributed by atoms with van der Waals surface area (Å²) in [6.07, 6.45) is 7.65. The van der Waals surface area contributed by atoms with Crippen LogP contribution in [0.15, 0.2) is 17.4 Å². The summed E-state index contributed by atoms with van der Waals surface area (Å²) in [5, 5.41) is 9.85. The lowest BCUT2D eigenvalue weighted by Crippen LogP contribution is -2.34. The number of nitrogens with zero attached hydrogens (tertiary/aromatic N) is 2. The molecule has 0 amide bonds. The van der Waals surface area contributed by atoms with Crippen molar-refractivity contribution in [2.45, 2.75) is 0 Å². The van der Waals surface area contributed by atoms with E-state index in [4.69, 9.17) is 11.1 Å². The van der Waals surface area contributed by atoms with Gasteiger partial charge in [0.05, 0.1) is 12.8 Å². The Balaban J connectivity index is 3.54. The van der Waals surface area contributed by atoms with Crippen LogP contribution in [0.1, 0.15) is 0 Å². The molecule has 6 nitrogen and oxygen atoms in total. The van der Waals surface area contributed by atoms with Gasteiger partial charge in [-0.3, -0.25) is 4.99 Å². The van der Waals surface area contributed by atoms with Crippen LogP contribution in [0.5, 0.6) is 0 Å². The van der Waals surface area contributed by atoms with Crippen molar-refractivity contribution in [3.8, 4) is 0 Å². The second-order valence-electron chi connectivity index (χ2n) is 2.72. The maximum absolute atomic E-state index is 6.79. The van der Waals surface area contributed by atoms with E-state index in [1.165, 1.54) is 18.6 Å². The van der Waals surface area contributed by atoms with Crippen molar-refractivity contribution >= 4 is 18.6 Å². The Kier molecular flexibility index (Phi) is 9.22. The van der Waals surface area contributed by atoms with Crippen LogP contribution in [0, 0.1) is 5.41 Å². The predicted octanol–water partition coefficient (Wildman–Crippen LogP) is -1.06.